The number of aliphatic hydroxyl groups is 2. The van der Waals surface area contributed by atoms with Gasteiger partial charge >= 0.3 is 0 Å². The molecule has 296 valence electrons. The maximum atomic E-state index is 11.5. The van der Waals surface area contributed by atoms with Crippen molar-refractivity contribution >= 4 is 53.9 Å². The summed E-state index contributed by atoms with van der Waals surface area (Å²) in [4.78, 5) is 8.68. The molecule has 0 saturated heterocycles. The molecule has 0 bridgehead atoms. The number of nitrogens with zero attached hydrogens (tertiary/aromatic N) is 4. The number of aromatic nitrogens is 4. The first-order valence-corrected chi connectivity index (χ1v) is 23.5. The van der Waals surface area contributed by atoms with E-state index in [1.165, 1.54) is 93.8 Å². The standard InChI is InChI=1S/2C25H26N2OS/c2*28-25(24-20(16-5-6-16)12-11-19-13-26-15-27(19)24)18-9-7-17(8-10-18)22-14-29-23-4-2-1-3-21(22)23/h2*1-4,11-18,25,28H,5-10H2/t2*17?,18?,25-/m10/s1. The Morgan fingerprint density at radius 1 is 0.466 bits per heavy atom. The molecule has 0 radical (unpaired) electrons. The Labute approximate surface area is 348 Å². The first kappa shape index (κ1) is 36.7. The molecule has 8 aromatic rings. The van der Waals surface area contributed by atoms with Crippen LogP contribution in [0, 0.1) is 11.8 Å². The Kier molecular flexibility index (Phi) is 9.72. The number of pyridine rings is 2. The van der Waals surface area contributed by atoms with E-state index >= 15 is 0 Å². The van der Waals surface area contributed by atoms with E-state index in [4.69, 9.17) is 0 Å². The summed E-state index contributed by atoms with van der Waals surface area (Å²) in [5.74, 6) is 3.17. The van der Waals surface area contributed by atoms with E-state index in [1.807, 2.05) is 47.7 Å². The number of thiophene rings is 2. The fraction of sp³-hybridized carbons (Fsp3) is 0.400. The van der Waals surface area contributed by atoms with Crippen molar-refractivity contribution in [3.8, 4) is 0 Å². The third-order valence-corrected chi connectivity index (χ3v) is 16.2. The third kappa shape index (κ3) is 6.80. The van der Waals surface area contributed by atoms with Crippen molar-refractivity contribution < 1.29 is 10.2 Å². The van der Waals surface area contributed by atoms with Crippen molar-refractivity contribution in [2.75, 3.05) is 0 Å². The molecular formula is C50H52N4O2S2. The average Bonchev–Trinajstić information content (AvgIpc) is 4.07. The molecule has 4 saturated carbocycles. The van der Waals surface area contributed by atoms with Gasteiger partial charge < -0.3 is 19.0 Å². The molecule has 6 aromatic heterocycles. The van der Waals surface area contributed by atoms with Gasteiger partial charge in [0.2, 0.25) is 0 Å². The van der Waals surface area contributed by atoms with Gasteiger partial charge in [-0.1, -0.05) is 48.5 Å². The quantitative estimate of drug-likeness (QED) is 0.160. The molecule has 4 aliphatic carbocycles. The highest BCUT2D eigenvalue weighted by atomic mass is 32.1. The lowest BCUT2D eigenvalue weighted by Crippen LogP contribution is -2.22. The molecule has 0 aliphatic heterocycles. The lowest BCUT2D eigenvalue weighted by Gasteiger charge is -2.32. The van der Waals surface area contributed by atoms with Crippen LogP contribution in [-0.2, 0) is 0 Å². The maximum Gasteiger partial charge on any atom is 0.0995 e. The van der Waals surface area contributed by atoms with Gasteiger partial charge in [-0.2, -0.15) is 0 Å². The van der Waals surface area contributed by atoms with Gasteiger partial charge in [-0.05, 0) is 181 Å². The second-order valence-electron chi connectivity index (χ2n) is 17.8. The van der Waals surface area contributed by atoms with Gasteiger partial charge in [-0.3, -0.25) is 0 Å². The molecule has 6 heterocycles. The number of benzene rings is 2. The van der Waals surface area contributed by atoms with Crippen LogP contribution >= 0.6 is 22.7 Å². The van der Waals surface area contributed by atoms with E-state index in [0.717, 1.165) is 48.1 Å². The summed E-state index contributed by atoms with van der Waals surface area (Å²) in [5, 5.41) is 30.5. The Morgan fingerprint density at radius 3 is 1.26 bits per heavy atom. The van der Waals surface area contributed by atoms with Crippen LogP contribution in [0.25, 0.3) is 31.2 Å². The fourth-order valence-corrected chi connectivity index (χ4v) is 12.8. The van der Waals surface area contributed by atoms with Crippen LogP contribution in [0.2, 0.25) is 0 Å². The Hall–Kier alpha value is -4.34. The second kappa shape index (κ2) is 15.4. The van der Waals surface area contributed by atoms with Crippen LogP contribution in [0.1, 0.15) is 147 Å². The monoisotopic (exact) mass is 804 g/mol. The summed E-state index contributed by atoms with van der Waals surface area (Å²) in [6.45, 7) is 0. The number of hydrogen-bond acceptors (Lipinski definition) is 6. The van der Waals surface area contributed by atoms with Gasteiger partial charge in [0, 0.05) is 9.40 Å². The summed E-state index contributed by atoms with van der Waals surface area (Å²) in [6, 6.07) is 26.3. The minimum Gasteiger partial charge on any atom is -0.387 e. The molecule has 0 unspecified atom stereocenters. The van der Waals surface area contributed by atoms with Crippen LogP contribution < -0.4 is 0 Å². The molecule has 2 atom stereocenters. The van der Waals surface area contributed by atoms with Gasteiger partial charge in [-0.15, -0.1) is 22.7 Å². The number of hydrogen-bond donors (Lipinski definition) is 2. The van der Waals surface area contributed by atoms with E-state index in [9.17, 15) is 10.2 Å². The molecule has 58 heavy (non-hydrogen) atoms. The van der Waals surface area contributed by atoms with Crippen molar-refractivity contribution in [3.63, 3.8) is 0 Å². The van der Waals surface area contributed by atoms with Crippen molar-refractivity contribution in [2.45, 2.75) is 113 Å². The van der Waals surface area contributed by atoms with Gasteiger partial charge in [0.25, 0.3) is 0 Å². The normalized spacial score (nSPS) is 23.6. The largest absolute Gasteiger partial charge is 0.387 e. The Bertz CT molecular complexity index is 2510. The van der Waals surface area contributed by atoms with Gasteiger partial charge in [0.1, 0.15) is 0 Å². The molecule has 0 amide bonds. The smallest absolute Gasteiger partial charge is 0.0995 e. The zero-order valence-corrected chi connectivity index (χ0v) is 34.6. The van der Waals surface area contributed by atoms with Crippen LogP contribution in [0.4, 0.5) is 0 Å². The van der Waals surface area contributed by atoms with E-state index in [1.54, 1.807) is 0 Å². The molecular weight excluding hydrogens is 753 g/mol. The van der Waals surface area contributed by atoms with Crippen LogP contribution in [0.15, 0.2) is 109 Å². The Balaban J connectivity index is 0.000000133. The number of aliphatic hydroxyl groups excluding tert-OH is 2. The van der Waals surface area contributed by atoms with Gasteiger partial charge in [0.05, 0.1) is 59.7 Å². The highest BCUT2D eigenvalue weighted by Gasteiger charge is 2.36. The third-order valence-electron chi connectivity index (χ3n) is 14.2. The minimum absolute atomic E-state index is 0.335. The summed E-state index contributed by atoms with van der Waals surface area (Å²) < 4.78 is 7.06. The topological polar surface area (TPSA) is 75.1 Å². The summed E-state index contributed by atoms with van der Waals surface area (Å²) >= 11 is 3.73. The maximum absolute atomic E-state index is 11.5. The first-order valence-electron chi connectivity index (χ1n) is 21.8. The SMILES string of the molecule is O[C@@H](c1c(C2CC2)ccc2cncn12)C1CCC(c2csc3ccccc23)CC1.O[C@H](c1c(C2CC2)ccc2cncn12)C1CCC(c2csc3ccccc23)CC1. The van der Waals surface area contributed by atoms with Crippen molar-refractivity contribution in [3.05, 3.63) is 142 Å². The minimum atomic E-state index is -0.399. The van der Waals surface area contributed by atoms with E-state index in [0.29, 0.717) is 35.5 Å². The number of imidazole rings is 2. The van der Waals surface area contributed by atoms with Crippen molar-refractivity contribution in [1.29, 1.82) is 0 Å². The Morgan fingerprint density at radius 2 is 0.845 bits per heavy atom. The summed E-state index contributed by atoms with van der Waals surface area (Å²) in [7, 11) is 0. The van der Waals surface area contributed by atoms with Crippen LogP contribution in [0.5, 0.6) is 0 Å². The van der Waals surface area contributed by atoms with Gasteiger partial charge in [0.15, 0.2) is 0 Å². The van der Waals surface area contributed by atoms with E-state index in [-0.39, 0.29) is 0 Å². The van der Waals surface area contributed by atoms with Crippen LogP contribution in [-0.4, -0.2) is 29.0 Å². The molecule has 2 N–H and O–H groups in total. The predicted octanol–water partition coefficient (Wildman–Crippen LogP) is 12.9. The lowest BCUT2D eigenvalue weighted by molar-refractivity contribution is 0.0754. The highest BCUT2D eigenvalue weighted by molar-refractivity contribution is 7.17. The fourth-order valence-electron chi connectivity index (χ4n) is 10.7. The summed E-state index contributed by atoms with van der Waals surface area (Å²) in [6.07, 6.45) is 20.8. The number of rotatable bonds is 8. The van der Waals surface area contributed by atoms with Crippen molar-refractivity contribution in [2.24, 2.45) is 11.8 Å². The summed E-state index contributed by atoms with van der Waals surface area (Å²) in [5.41, 5.74) is 10.1. The average molecular weight is 805 g/mol. The first-order chi connectivity index (χ1) is 28.6. The molecule has 2 aromatic carbocycles. The lowest BCUT2D eigenvalue weighted by atomic mass is 9.75. The molecule has 6 nitrogen and oxygen atoms in total. The predicted molar refractivity (Wildman–Crippen MR) is 237 cm³/mol. The molecule has 4 aliphatic rings. The second-order valence-corrected chi connectivity index (χ2v) is 19.6. The van der Waals surface area contributed by atoms with E-state index < -0.39 is 12.2 Å². The van der Waals surface area contributed by atoms with Crippen molar-refractivity contribution in [1.82, 2.24) is 18.8 Å². The molecule has 12 rings (SSSR count). The number of fused-ring (bicyclic) bond motifs is 4. The van der Waals surface area contributed by atoms with Gasteiger partial charge in [-0.25, -0.2) is 9.97 Å². The van der Waals surface area contributed by atoms with Crippen LogP contribution in [0.3, 0.4) is 0 Å². The zero-order chi connectivity index (χ0) is 38.7. The molecule has 0 spiro atoms. The zero-order valence-electron chi connectivity index (χ0n) is 33.0. The molecule has 8 heteroatoms. The highest BCUT2D eigenvalue weighted by Crippen LogP contribution is 2.50. The van der Waals surface area contributed by atoms with E-state index in [2.05, 4.69) is 102 Å². The molecule has 4 fully saturated rings.